The van der Waals surface area contributed by atoms with Crippen molar-refractivity contribution in [3.05, 3.63) is 234 Å². The monoisotopic (exact) mass is 739 g/mol. The lowest BCUT2D eigenvalue weighted by Gasteiger charge is -2.32. The SMILES string of the molecule is Cc1ccc2c(c1)C1(c3ccccc3-c3ccccc31)c1cc(N(c3ccc(-c4ccccc4)cc3)c3ccc(-c4cccc5c4oc4ccccc45)cc3)ccc1-2. The van der Waals surface area contributed by atoms with Gasteiger partial charge in [0.25, 0.3) is 0 Å². The number of nitrogens with zero attached hydrogens (tertiary/aromatic N) is 1. The van der Waals surface area contributed by atoms with Crippen molar-refractivity contribution in [1.29, 1.82) is 0 Å². The largest absolute Gasteiger partial charge is 0.455 e. The van der Waals surface area contributed by atoms with Gasteiger partial charge < -0.3 is 9.32 Å². The molecule has 2 heteroatoms. The van der Waals surface area contributed by atoms with Gasteiger partial charge in [-0.2, -0.15) is 0 Å². The number of hydrogen-bond acceptors (Lipinski definition) is 2. The lowest BCUT2D eigenvalue weighted by Crippen LogP contribution is -2.26. The van der Waals surface area contributed by atoms with Gasteiger partial charge in [0, 0.05) is 33.4 Å². The van der Waals surface area contributed by atoms with Gasteiger partial charge in [-0.3, -0.25) is 0 Å². The average Bonchev–Trinajstić information content (AvgIpc) is 3.91. The van der Waals surface area contributed by atoms with Crippen molar-refractivity contribution in [3.63, 3.8) is 0 Å². The third-order valence-electron chi connectivity index (χ3n) is 12.6. The number of anilines is 3. The maximum atomic E-state index is 6.46. The molecule has 2 nitrogen and oxygen atoms in total. The van der Waals surface area contributed by atoms with Crippen LogP contribution in [-0.4, -0.2) is 0 Å². The highest BCUT2D eigenvalue weighted by molar-refractivity contribution is 6.09. The fourth-order valence-corrected chi connectivity index (χ4v) is 10.0. The first-order valence-corrected chi connectivity index (χ1v) is 20.1. The van der Waals surface area contributed by atoms with E-state index < -0.39 is 5.41 Å². The van der Waals surface area contributed by atoms with E-state index in [0.717, 1.165) is 50.1 Å². The van der Waals surface area contributed by atoms with Crippen molar-refractivity contribution in [2.75, 3.05) is 4.90 Å². The summed E-state index contributed by atoms with van der Waals surface area (Å²) in [6, 6.07) is 75.6. The molecule has 2 aliphatic carbocycles. The van der Waals surface area contributed by atoms with Crippen molar-refractivity contribution < 1.29 is 4.42 Å². The maximum Gasteiger partial charge on any atom is 0.143 e. The van der Waals surface area contributed by atoms with Gasteiger partial charge >= 0.3 is 0 Å². The average molecular weight is 740 g/mol. The van der Waals surface area contributed by atoms with E-state index in [1.165, 1.54) is 61.2 Å². The van der Waals surface area contributed by atoms with Gasteiger partial charge in [0.15, 0.2) is 0 Å². The van der Waals surface area contributed by atoms with Gasteiger partial charge in [0.2, 0.25) is 0 Å². The molecule has 0 amide bonds. The molecule has 0 fully saturated rings. The standard InChI is InChI=1S/C56H37NO/c1-36-22-32-46-47-33-31-42(35-53(47)56(52(46)34-36)50-19-8-5-14-44(50)45-15-6-9-20-51(45)56)57(40-27-23-38(24-28-40)37-12-3-2-4-13-37)41-29-25-39(26-30-41)43-17-11-18-49-48-16-7-10-21-54(48)58-55(43)49/h2-35H,1H3. The first-order valence-electron chi connectivity index (χ1n) is 20.1. The highest BCUT2D eigenvalue weighted by atomic mass is 16.3. The quantitative estimate of drug-likeness (QED) is 0.175. The summed E-state index contributed by atoms with van der Waals surface area (Å²) in [5.41, 5.74) is 21.2. The number of para-hydroxylation sites is 2. The first kappa shape index (κ1) is 32.8. The second-order valence-electron chi connectivity index (χ2n) is 15.7. The molecule has 9 aromatic carbocycles. The van der Waals surface area contributed by atoms with Crippen molar-refractivity contribution in [2.24, 2.45) is 0 Å². The Balaban J connectivity index is 1.05. The molecule has 0 saturated carbocycles. The van der Waals surface area contributed by atoms with Crippen LogP contribution in [0.3, 0.4) is 0 Å². The Hall–Kier alpha value is -7.42. The van der Waals surface area contributed by atoms with Crippen LogP contribution in [0.4, 0.5) is 17.1 Å². The Morgan fingerprint density at radius 2 is 0.879 bits per heavy atom. The van der Waals surface area contributed by atoms with E-state index in [1.807, 2.05) is 12.1 Å². The highest BCUT2D eigenvalue weighted by Gasteiger charge is 2.51. The molecule has 10 aromatic rings. The summed E-state index contributed by atoms with van der Waals surface area (Å²) in [7, 11) is 0. The zero-order valence-electron chi connectivity index (χ0n) is 32.0. The first-order chi connectivity index (χ1) is 28.7. The van der Waals surface area contributed by atoms with Crippen LogP contribution in [0.2, 0.25) is 0 Å². The van der Waals surface area contributed by atoms with E-state index in [1.54, 1.807) is 0 Å². The van der Waals surface area contributed by atoms with E-state index in [4.69, 9.17) is 4.42 Å². The lowest BCUT2D eigenvalue weighted by atomic mass is 9.70. The molecule has 272 valence electrons. The molecule has 0 aliphatic heterocycles. The molecule has 0 saturated heterocycles. The van der Waals surface area contributed by atoms with Gasteiger partial charge in [0.05, 0.1) is 5.41 Å². The minimum absolute atomic E-state index is 0.433. The second-order valence-corrected chi connectivity index (χ2v) is 15.7. The minimum Gasteiger partial charge on any atom is -0.455 e. The smallest absolute Gasteiger partial charge is 0.143 e. The maximum absolute atomic E-state index is 6.46. The van der Waals surface area contributed by atoms with Crippen LogP contribution in [0.5, 0.6) is 0 Å². The molecule has 58 heavy (non-hydrogen) atoms. The van der Waals surface area contributed by atoms with Crippen molar-refractivity contribution in [1.82, 2.24) is 0 Å². The van der Waals surface area contributed by atoms with Crippen molar-refractivity contribution in [2.45, 2.75) is 12.3 Å². The Bertz CT molecular complexity index is 3180. The molecule has 1 spiro atoms. The van der Waals surface area contributed by atoms with Gasteiger partial charge in [-0.1, -0.05) is 169 Å². The zero-order valence-corrected chi connectivity index (χ0v) is 32.0. The number of hydrogen-bond donors (Lipinski definition) is 0. The van der Waals surface area contributed by atoms with Gasteiger partial charge in [-0.15, -0.1) is 0 Å². The Morgan fingerprint density at radius 3 is 1.60 bits per heavy atom. The van der Waals surface area contributed by atoms with Gasteiger partial charge in [0.1, 0.15) is 11.2 Å². The third kappa shape index (κ3) is 4.66. The molecule has 1 heterocycles. The number of aryl methyl sites for hydroxylation is 1. The van der Waals surface area contributed by atoms with E-state index >= 15 is 0 Å². The van der Waals surface area contributed by atoms with Crippen LogP contribution in [-0.2, 0) is 5.41 Å². The number of rotatable bonds is 5. The van der Waals surface area contributed by atoms with E-state index in [-0.39, 0.29) is 0 Å². The normalized spacial score (nSPS) is 13.1. The molecule has 2 aliphatic rings. The van der Waals surface area contributed by atoms with Crippen molar-refractivity contribution >= 4 is 39.0 Å². The van der Waals surface area contributed by atoms with Gasteiger partial charge in [-0.25, -0.2) is 0 Å². The van der Waals surface area contributed by atoms with Crippen LogP contribution in [0, 0.1) is 6.92 Å². The van der Waals surface area contributed by atoms with Crippen LogP contribution in [0.1, 0.15) is 27.8 Å². The highest BCUT2D eigenvalue weighted by Crippen LogP contribution is 2.63. The summed E-state index contributed by atoms with van der Waals surface area (Å²) in [6.45, 7) is 2.22. The van der Waals surface area contributed by atoms with E-state index in [2.05, 4.69) is 206 Å². The molecule has 1 aromatic heterocycles. The van der Waals surface area contributed by atoms with E-state index in [0.29, 0.717) is 0 Å². The third-order valence-corrected chi connectivity index (χ3v) is 12.6. The van der Waals surface area contributed by atoms with Crippen LogP contribution in [0.15, 0.2) is 211 Å². The lowest BCUT2D eigenvalue weighted by molar-refractivity contribution is 0.670. The fraction of sp³-hybridized carbons (Fsp3) is 0.0357. The fourth-order valence-electron chi connectivity index (χ4n) is 10.0. The number of furan rings is 1. The molecule has 0 atom stereocenters. The summed E-state index contributed by atoms with van der Waals surface area (Å²) in [4.78, 5) is 2.41. The predicted octanol–water partition coefficient (Wildman–Crippen LogP) is 15.0. The topological polar surface area (TPSA) is 16.4 Å². The Kier molecular flexibility index (Phi) is 7.09. The molecule has 0 radical (unpaired) electrons. The zero-order chi connectivity index (χ0) is 38.4. The van der Waals surface area contributed by atoms with Crippen molar-refractivity contribution in [3.8, 4) is 44.5 Å². The number of fused-ring (bicyclic) bond motifs is 13. The van der Waals surface area contributed by atoms with Crippen LogP contribution < -0.4 is 4.90 Å². The summed E-state index contributed by atoms with van der Waals surface area (Å²) in [6.07, 6.45) is 0. The molecular formula is C56H37NO. The predicted molar refractivity (Wildman–Crippen MR) is 240 cm³/mol. The number of benzene rings is 9. The summed E-state index contributed by atoms with van der Waals surface area (Å²) in [5.74, 6) is 0. The molecule has 0 unspecified atom stereocenters. The molecule has 0 N–H and O–H groups in total. The summed E-state index contributed by atoms with van der Waals surface area (Å²) >= 11 is 0. The van der Waals surface area contributed by atoms with Crippen LogP contribution >= 0.6 is 0 Å². The van der Waals surface area contributed by atoms with Crippen LogP contribution in [0.25, 0.3) is 66.4 Å². The van der Waals surface area contributed by atoms with E-state index in [9.17, 15) is 0 Å². The van der Waals surface area contributed by atoms with Gasteiger partial charge in [-0.05, 0) is 111 Å². The second kappa shape index (κ2) is 12.5. The molecule has 0 bridgehead atoms. The Morgan fingerprint density at radius 1 is 0.362 bits per heavy atom. The summed E-state index contributed by atoms with van der Waals surface area (Å²) in [5, 5.41) is 2.27. The molecular weight excluding hydrogens is 703 g/mol. The minimum atomic E-state index is -0.433. The Labute approximate surface area is 337 Å². The summed E-state index contributed by atoms with van der Waals surface area (Å²) < 4.78 is 6.46. The molecule has 12 rings (SSSR count).